The minimum Gasteiger partial charge on any atom is -0.391 e. The van der Waals surface area contributed by atoms with Gasteiger partial charge in [-0.1, -0.05) is 30.4 Å². The molecule has 2 N–H and O–H groups in total. The Balaban J connectivity index is 2.45. The molecule has 1 aromatic carbocycles. The summed E-state index contributed by atoms with van der Waals surface area (Å²) >= 11 is 5.47. The van der Waals surface area contributed by atoms with Crippen LogP contribution in [0.25, 0.3) is 0 Å². The second-order valence-corrected chi connectivity index (χ2v) is 6.36. The Morgan fingerprint density at radius 1 is 1.36 bits per heavy atom. The van der Waals surface area contributed by atoms with E-state index in [2.05, 4.69) is 11.9 Å². The summed E-state index contributed by atoms with van der Waals surface area (Å²) < 4.78 is 1.74. The number of aromatic nitrogens is 1. The van der Waals surface area contributed by atoms with Gasteiger partial charge in [-0.25, -0.2) is 0 Å². The summed E-state index contributed by atoms with van der Waals surface area (Å²) in [5.41, 5.74) is 3.52. The van der Waals surface area contributed by atoms with Gasteiger partial charge in [0.25, 0.3) is 6.04 Å². The highest BCUT2D eigenvalue weighted by molar-refractivity contribution is 7.80. The van der Waals surface area contributed by atoms with E-state index in [4.69, 9.17) is 12.2 Å². The van der Waals surface area contributed by atoms with Crippen LogP contribution in [0.1, 0.15) is 33.1 Å². The third kappa shape index (κ3) is 4.59. The molecule has 2 aromatic rings. The minimum atomic E-state index is -0.677. The van der Waals surface area contributed by atoms with Gasteiger partial charge in [-0.3, -0.25) is 4.79 Å². The molecule has 4 nitrogen and oxygen atoms in total. The zero-order valence-electron chi connectivity index (χ0n) is 14.5. The van der Waals surface area contributed by atoms with Crippen molar-refractivity contribution >= 4 is 23.0 Å². The Kier molecular flexibility index (Phi) is 6.56. The van der Waals surface area contributed by atoms with E-state index in [-0.39, 0.29) is 12.4 Å². The molecule has 1 heterocycles. The molecule has 0 radical (unpaired) electrons. The van der Waals surface area contributed by atoms with Crippen LogP contribution in [0.3, 0.4) is 0 Å². The maximum absolute atomic E-state index is 13.2. The van der Waals surface area contributed by atoms with E-state index in [9.17, 15) is 9.90 Å². The number of carbonyl (C=O) groups is 1. The van der Waals surface area contributed by atoms with Crippen molar-refractivity contribution in [3.8, 4) is 0 Å². The van der Waals surface area contributed by atoms with Crippen LogP contribution in [-0.4, -0.2) is 22.4 Å². The van der Waals surface area contributed by atoms with Crippen molar-refractivity contribution in [2.75, 3.05) is 6.54 Å². The molecule has 130 valence electrons. The van der Waals surface area contributed by atoms with Crippen molar-refractivity contribution < 1.29 is 14.5 Å². The van der Waals surface area contributed by atoms with E-state index in [0.717, 1.165) is 11.1 Å². The molecule has 0 amide bonds. The minimum absolute atomic E-state index is 0.0928. The summed E-state index contributed by atoms with van der Waals surface area (Å²) in [6.45, 7) is 8.04. The van der Waals surface area contributed by atoms with Crippen LogP contribution in [0.5, 0.6) is 0 Å². The SMILES string of the molecule is C=CCNC(=S)[C@H](C(=O)c1ccc(C)c(C)c1)[n+]1cccc(CO)c1. The number of aryl methyl sites for hydroxylation is 2. The molecule has 0 bridgehead atoms. The van der Waals surface area contributed by atoms with Crippen LogP contribution >= 0.6 is 12.2 Å². The monoisotopic (exact) mass is 355 g/mol. The predicted octanol–water partition coefficient (Wildman–Crippen LogP) is 2.61. The Morgan fingerprint density at radius 3 is 2.76 bits per heavy atom. The van der Waals surface area contributed by atoms with Gasteiger partial charge in [-0.2, -0.15) is 4.57 Å². The standard InChI is InChI=1S/C20H22N2O2S/c1-4-9-21-20(25)18(22-10-5-6-16(12-22)13-23)19(24)17-8-7-14(2)15(3)11-17/h4-8,10-12,18,23H,1,9,13H2,2-3H3/p+1/t18-/m0/s1. The van der Waals surface area contributed by atoms with Gasteiger partial charge < -0.3 is 10.4 Å². The van der Waals surface area contributed by atoms with Crippen LogP contribution in [0.15, 0.2) is 55.4 Å². The van der Waals surface area contributed by atoms with E-state index >= 15 is 0 Å². The van der Waals surface area contributed by atoms with Gasteiger partial charge in [0.15, 0.2) is 17.4 Å². The second-order valence-electron chi connectivity index (χ2n) is 5.92. The molecule has 1 atom stereocenters. The first-order valence-corrected chi connectivity index (χ1v) is 8.49. The molecule has 25 heavy (non-hydrogen) atoms. The van der Waals surface area contributed by atoms with Crippen LogP contribution < -0.4 is 9.88 Å². The smallest absolute Gasteiger partial charge is 0.270 e. The molecule has 0 spiro atoms. The van der Waals surface area contributed by atoms with E-state index in [1.807, 2.05) is 32.0 Å². The van der Waals surface area contributed by atoms with Gasteiger partial charge in [0.05, 0.1) is 6.61 Å². The van der Waals surface area contributed by atoms with Crippen molar-refractivity contribution in [1.29, 1.82) is 0 Å². The van der Waals surface area contributed by atoms with Gasteiger partial charge in [0.2, 0.25) is 5.78 Å². The van der Waals surface area contributed by atoms with Crippen molar-refractivity contribution in [2.24, 2.45) is 0 Å². The fourth-order valence-electron chi connectivity index (χ4n) is 2.51. The predicted molar refractivity (Wildman–Crippen MR) is 103 cm³/mol. The summed E-state index contributed by atoms with van der Waals surface area (Å²) in [5.74, 6) is -0.0928. The number of ketones is 1. The molecule has 0 saturated heterocycles. The fourth-order valence-corrected chi connectivity index (χ4v) is 2.82. The molecule has 0 saturated carbocycles. The summed E-state index contributed by atoms with van der Waals surface area (Å²) in [7, 11) is 0. The number of aliphatic hydroxyl groups is 1. The highest BCUT2D eigenvalue weighted by Gasteiger charge is 2.33. The Labute approximate surface area is 153 Å². The van der Waals surface area contributed by atoms with E-state index < -0.39 is 6.04 Å². The molecule has 0 unspecified atom stereocenters. The summed E-state index contributed by atoms with van der Waals surface area (Å²) in [6, 6.07) is 8.57. The number of hydrogen-bond donors (Lipinski definition) is 2. The first-order chi connectivity index (χ1) is 12.0. The second kappa shape index (κ2) is 8.65. The van der Waals surface area contributed by atoms with Gasteiger partial charge in [-0.15, -0.1) is 6.58 Å². The van der Waals surface area contributed by atoms with Crippen LogP contribution in [0.2, 0.25) is 0 Å². The first kappa shape index (κ1) is 19.0. The van der Waals surface area contributed by atoms with Gasteiger partial charge in [-0.05, 0) is 37.1 Å². The lowest BCUT2D eigenvalue weighted by molar-refractivity contribution is -0.692. The van der Waals surface area contributed by atoms with Crippen LogP contribution in [0.4, 0.5) is 0 Å². The number of carbonyl (C=O) groups excluding carboxylic acids is 1. The molecule has 0 aliphatic carbocycles. The topological polar surface area (TPSA) is 53.2 Å². The Bertz CT molecular complexity index is 802. The lowest BCUT2D eigenvalue weighted by Crippen LogP contribution is -2.51. The quantitative estimate of drug-likeness (QED) is 0.347. The third-order valence-corrected chi connectivity index (χ3v) is 4.44. The van der Waals surface area contributed by atoms with Crippen molar-refractivity contribution in [3.63, 3.8) is 0 Å². The summed E-state index contributed by atoms with van der Waals surface area (Å²) in [4.78, 5) is 13.6. The Hall–Kier alpha value is -2.37. The number of nitrogens with one attached hydrogen (secondary N) is 1. The largest absolute Gasteiger partial charge is 0.391 e. The number of rotatable bonds is 7. The molecule has 0 fully saturated rings. The number of pyridine rings is 1. The highest BCUT2D eigenvalue weighted by Crippen LogP contribution is 2.15. The van der Waals surface area contributed by atoms with E-state index in [0.29, 0.717) is 22.7 Å². The maximum Gasteiger partial charge on any atom is 0.270 e. The summed E-state index contributed by atoms with van der Waals surface area (Å²) in [5, 5.41) is 12.4. The molecular formula is C20H23N2O2S+. The van der Waals surface area contributed by atoms with Crippen molar-refractivity contribution in [1.82, 2.24) is 5.32 Å². The number of nitrogens with zero attached hydrogens (tertiary/aromatic N) is 1. The molecule has 5 heteroatoms. The molecule has 2 rings (SSSR count). The zero-order chi connectivity index (χ0) is 18.4. The maximum atomic E-state index is 13.2. The number of aliphatic hydroxyl groups excluding tert-OH is 1. The van der Waals surface area contributed by atoms with Gasteiger partial charge in [0, 0.05) is 23.7 Å². The average Bonchev–Trinajstić information content (AvgIpc) is 2.62. The van der Waals surface area contributed by atoms with Gasteiger partial charge >= 0.3 is 0 Å². The first-order valence-electron chi connectivity index (χ1n) is 8.08. The third-order valence-electron chi connectivity index (χ3n) is 4.07. The van der Waals surface area contributed by atoms with Crippen LogP contribution in [0, 0.1) is 13.8 Å². The lowest BCUT2D eigenvalue weighted by Gasteiger charge is -2.15. The zero-order valence-corrected chi connectivity index (χ0v) is 15.3. The van der Waals surface area contributed by atoms with Crippen LogP contribution in [-0.2, 0) is 6.61 Å². The molecule has 0 aliphatic rings. The number of benzene rings is 1. The average molecular weight is 355 g/mol. The highest BCUT2D eigenvalue weighted by atomic mass is 32.1. The summed E-state index contributed by atoms with van der Waals surface area (Å²) in [6.07, 6.45) is 5.22. The lowest BCUT2D eigenvalue weighted by atomic mass is 9.99. The van der Waals surface area contributed by atoms with E-state index in [1.54, 1.807) is 35.2 Å². The molecule has 1 aromatic heterocycles. The van der Waals surface area contributed by atoms with Crippen molar-refractivity contribution in [2.45, 2.75) is 26.5 Å². The number of Topliss-reactive ketones (excluding diaryl/α,β-unsaturated/α-hetero) is 1. The molecule has 0 aliphatic heterocycles. The van der Waals surface area contributed by atoms with Gasteiger partial charge in [0.1, 0.15) is 0 Å². The number of hydrogen-bond acceptors (Lipinski definition) is 3. The number of thiocarbonyl (C=S) groups is 1. The Morgan fingerprint density at radius 2 is 2.12 bits per heavy atom. The van der Waals surface area contributed by atoms with E-state index in [1.165, 1.54) is 0 Å². The fraction of sp³-hybridized carbons (Fsp3) is 0.250. The normalized spacial score (nSPS) is 11.6. The van der Waals surface area contributed by atoms with Crippen molar-refractivity contribution in [3.05, 3.63) is 77.6 Å². The molecular weight excluding hydrogens is 332 g/mol.